The van der Waals surface area contributed by atoms with Crippen LogP contribution in [0.1, 0.15) is 25.7 Å². The van der Waals surface area contributed by atoms with Crippen molar-refractivity contribution in [2.75, 3.05) is 11.1 Å². The van der Waals surface area contributed by atoms with Gasteiger partial charge < -0.3 is 11.1 Å². The summed E-state index contributed by atoms with van der Waals surface area (Å²) in [5.41, 5.74) is 6.45. The molecule has 76 valence electrons. The van der Waals surface area contributed by atoms with Crippen molar-refractivity contribution in [2.24, 2.45) is 0 Å². The number of rotatable bonds is 2. The van der Waals surface area contributed by atoms with E-state index in [0.717, 1.165) is 5.82 Å². The lowest BCUT2D eigenvalue weighted by Crippen LogP contribution is -2.16. The molecule has 0 bridgehead atoms. The maximum atomic E-state index is 5.80. The number of hydrogen-bond donors (Lipinski definition) is 2. The molecule has 0 aliphatic heterocycles. The second-order valence-corrected chi connectivity index (χ2v) is 4.08. The summed E-state index contributed by atoms with van der Waals surface area (Å²) < 4.78 is 0. The number of anilines is 2. The maximum absolute atomic E-state index is 5.80. The van der Waals surface area contributed by atoms with Gasteiger partial charge in [-0.15, -0.1) is 0 Å². The molecule has 0 atom stereocenters. The van der Waals surface area contributed by atoms with Crippen molar-refractivity contribution in [1.29, 1.82) is 0 Å². The predicted octanol–water partition coefficient (Wildman–Crippen LogP) is 2.67. The normalized spacial score (nSPS) is 17.2. The van der Waals surface area contributed by atoms with E-state index >= 15 is 0 Å². The summed E-state index contributed by atoms with van der Waals surface area (Å²) in [6, 6.07) is 4.01. The fourth-order valence-corrected chi connectivity index (χ4v) is 1.97. The van der Waals surface area contributed by atoms with E-state index in [1.807, 2.05) is 0 Å². The molecular formula is C10H14ClN3. The standard InChI is InChI=1S/C10H14ClN3/c11-9-6-5-8(12)10(14-9)13-7-3-1-2-4-7/h5-7H,1-4,12H2,(H,13,14). The molecule has 1 fully saturated rings. The van der Waals surface area contributed by atoms with Crippen molar-refractivity contribution in [3.8, 4) is 0 Å². The highest BCUT2D eigenvalue weighted by Crippen LogP contribution is 2.25. The first-order chi connectivity index (χ1) is 6.75. The lowest BCUT2D eigenvalue weighted by atomic mass is 10.2. The summed E-state index contributed by atoms with van der Waals surface area (Å²) in [5, 5.41) is 3.82. The molecule has 0 amide bonds. The van der Waals surface area contributed by atoms with Crippen LogP contribution in [0, 0.1) is 0 Å². The van der Waals surface area contributed by atoms with Crippen LogP contribution in [0.25, 0.3) is 0 Å². The van der Waals surface area contributed by atoms with Crippen LogP contribution in [0.5, 0.6) is 0 Å². The van der Waals surface area contributed by atoms with Gasteiger partial charge in [0.15, 0.2) is 5.82 Å². The van der Waals surface area contributed by atoms with Crippen LogP contribution in [0.4, 0.5) is 11.5 Å². The number of nitrogen functional groups attached to an aromatic ring is 1. The Morgan fingerprint density at radius 1 is 1.36 bits per heavy atom. The molecule has 1 aliphatic carbocycles. The molecule has 4 heteroatoms. The van der Waals surface area contributed by atoms with Crippen LogP contribution in [-0.4, -0.2) is 11.0 Å². The lowest BCUT2D eigenvalue weighted by molar-refractivity contribution is 0.751. The minimum absolute atomic E-state index is 0.486. The van der Waals surface area contributed by atoms with Crippen LogP contribution in [0.3, 0.4) is 0 Å². The topological polar surface area (TPSA) is 50.9 Å². The van der Waals surface area contributed by atoms with E-state index in [9.17, 15) is 0 Å². The van der Waals surface area contributed by atoms with Crippen LogP contribution < -0.4 is 11.1 Å². The van der Waals surface area contributed by atoms with Crippen molar-refractivity contribution in [3.63, 3.8) is 0 Å². The predicted molar refractivity (Wildman–Crippen MR) is 59.5 cm³/mol. The van der Waals surface area contributed by atoms with Crippen molar-refractivity contribution < 1.29 is 0 Å². The molecule has 0 aromatic carbocycles. The molecule has 14 heavy (non-hydrogen) atoms. The third kappa shape index (κ3) is 2.10. The Bertz CT molecular complexity index is 321. The molecule has 1 aromatic heterocycles. The van der Waals surface area contributed by atoms with Crippen molar-refractivity contribution in [2.45, 2.75) is 31.7 Å². The second kappa shape index (κ2) is 4.05. The summed E-state index contributed by atoms with van der Waals surface area (Å²) in [7, 11) is 0. The second-order valence-electron chi connectivity index (χ2n) is 3.70. The third-order valence-corrected chi connectivity index (χ3v) is 2.80. The van der Waals surface area contributed by atoms with Crippen LogP contribution in [0.15, 0.2) is 12.1 Å². The number of nitrogens with zero attached hydrogens (tertiary/aromatic N) is 1. The van der Waals surface area contributed by atoms with Gasteiger partial charge in [-0.1, -0.05) is 24.4 Å². The van der Waals surface area contributed by atoms with E-state index in [2.05, 4.69) is 10.3 Å². The first kappa shape index (κ1) is 9.59. The molecule has 2 rings (SSSR count). The molecule has 0 spiro atoms. The summed E-state index contributed by atoms with van der Waals surface area (Å²) in [4.78, 5) is 4.17. The summed E-state index contributed by atoms with van der Waals surface area (Å²) in [6.07, 6.45) is 4.98. The number of nitrogens with one attached hydrogen (secondary N) is 1. The summed E-state index contributed by atoms with van der Waals surface area (Å²) >= 11 is 5.80. The molecular weight excluding hydrogens is 198 g/mol. The zero-order valence-corrected chi connectivity index (χ0v) is 8.72. The smallest absolute Gasteiger partial charge is 0.151 e. The Morgan fingerprint density at radius 2 is 2.07 bits per heavy atom. The van der Waals surface area contributed by atoms with Crippen LogP contribution in [-0.2, 0) is 0 Å². The minimum atomic E-state index is 0.486. The van der Waals surface area contributed by atoms with E-state index in [0.29, 0.717) is 16.9 Å². The molecule has 3 nitrogen and oxygen atoms in total. The summed E-state index contributed by atoms with van der Waals surface area (Å²) in [5.74, 6) is 0.726. The van der Waals surface area contributed by atoms with Crippen LogP contribution in [0.2, 0.25) is 5.15 Å². The molecule has 0 unspecified atom stereocenters. The van der Waals surface area contributed by atoms with Crippen molar-refractivity contribution in [1.82, 2.24) is 4.98 Å². The zero-order valence-electron chi connectivity index (χ0n) is 7.96. The highest BCUT2D eigenvalue weighted by molar-refractivity contribution is 6.29. The number of nitrogens with two attached hydrogens (primary N) is 1. The molecule has 0 radical (unpaired) electrons. The quantitative estimate of drug-likeness (QED) is 0.740. The number of pyridine rings is 1. The van der Waals surface area contributed by atoms with Gasteiger partial charge in [-0.3, -0.25) is 0 Å². The Hall–Kier alpha value is -0.960. The Labute approximate surface area is 88.7 Å². The van der Waals surface area contributed by atoms with Gasteiger partial charge in [0, 0.05) is 6.04 Å². The zero-order chi connectivity index (χ0) is 9.97. The highest BCUT2D eigenvalue weighted by Gasteiger charge is 2.16. The van der Waals surface area contributed by atoms with E-state index in [4.69, 9.17) is 17.3 Å². The molecule has 1 aromatic rings. The van der Waals surface area contributed by atoms with E-state index in [1.54, 1.807) is 12.1 Å². The van der Waals surface area contributed by atoms with Gasteiger partial charge in [-0.2, -0.15) is 0 Å². The molecule has 1 heterocycles. The Morgan fingerprint density at radius 3 is 2.79 bits per heavy atom. The van der Waals surface area contributed by atoms with Gasteiger partial charge in [0.2, 0.25) is 0 Å². The fourth-order valence-electron chi connectivity index (χ4n) is 1.83. The van der Waals surface area contributed by atoms with Crippen molar-refractivity contribution >= 4 is 23.1 Å². The summed E-state index contributed by atoms with van der Waals surface area (Å²) in [6.45, 7) is 0. The van der Waals surface area contributed by atoms with E-state index < -0.39 is 0 Å². The number of aromatic nitrogens is 1. The van der Waals surface area contributed by atoms with Gasteiger partial charge >= 0.3 is 0 Å². The average Bonchev–Trinajstić information content (AvgIpc) is 2.64. The van der Waals surface area contributed by atoms with Gasteiger partial charge in [0.05, 0.1) is 5.69 Å². The number of hydrogen-bond acceptors (Lipinski definition) is 3. The van der Waals surface area contributed by atoms with Crippen LogP contribution >= 0.6 is 11.6 Å². The number of halogens is 1. The maximum Gasteiger partial charge on any atom is 0.151 e. The average molecular weight is 212 g/mol. The van der Waals surface area contributed by atoms with Gasteiger partial charge in [0.25, 0.3) is 0 Å². The molecule has 1 aliphatic rings. The highest BCUT2D eigenvalue weighted by atomic mass is 35.5. The SMILES string of the molecule is Nc1ccc(Cl)nc1NC1CCCC1. The first-order valence-electron chi connectivity index (χ1n) is 4.94. The first-order valence-corrected chi connectivity index (χ1v) is 5.32. The largest absolute Gasteiger partial charge is 0.396 e. The monoisotopic (exact) mass is 211 g/mol. The minimum Gasteiger partial charge on any atom is -0.396 e. The molecule has 1 saturated carbocycles. The Kier molecular flexibility index (Phi) is 2.77. The van der Waals surface area contributed by atoms with Crippen molar-refractivity contribution in [3.05, 3.63) is 17.3 Å². The van der Waals surface area contributed by atoms with E-state index in [-0.39, 0.29) is 0 Å². The van der Waals surface area contributed by atoms with E-state index in [1.165, 1.54) is 25.7 Å². The fraction of sp³-hybridized carbons (Fsp3) is 0.500. The Balaban J connectivity index is 2.10. The molecule has 3 N–H and O–H groups in total. The van der Waals surface area contributed by atoms with Gasteiger partial charge in [0.1, 0.15) is 5.15 Å². The van der Waals surface area contributed by atoms with Gasteiger partial charge in [-0.25, -0.2) is 4.98 Å². The third-order valence-electron chi connectivity index (χ3n) is 2.59. The van der Waals surface area contributed by atoms with Gasteiger partial charge in [-0.05, 0) is 25.0 Å². The molecule has 0 saturated heterocycles. The lowest BCUT2D eigenvalue weighted by Gasteiger charge is -2.14.